The van der Waals surface area contributed by atoms with Crippen LogP contribution in [-0.2, 0) is 33.7 Å². The van der Waals surface area contributed by atoms with Crippen LogP contribution in [0.5, 0.6) is 0 Å². The molecule has 1 aromatic carbocycles. The third kappa shape index (κ3) is 4.73. The Kier molecular flexibility index (Phi) is 8.40. The number of rotatable bonds is 2. The SMILES string of the molecule is CC.CCN.Cc1c(F)cc2nc3c(c4c2c1CCC4)CN(C)/C3=C\C1=C(C=O)COC(=O)C1O. The lowest BCUT2D eigenvalue weighted by atomic mass is 9.85. The highest BCUT2D eigenvalue weighted by atomic mass is 19.1. The Labute approximate surface area is 205 Å². The molecule has 7 nitrogen and oxygen atoms in total. The van der Waals surface area contributed by atoms with Crippen LogP contribution >= 0.6 is 0 Å². The first-order valence-electron chi connectivity index (χ1n) is 12.1. The standard InChI is InChI=1S/C23H21FN2O4.C2H7N.C2H6/c1-11-13-4-3-5-14-16-8-26(2)19(21(16)25-18(20(13)14)7-17(11)24)6-15-12(9-27)10-30-23(29)22(15)28;1-2-3;1-2/h6-7,9,22,28H,3-5,8,10H2,1-2H3;2-3H2,1H3;1-2H3/b19-6-;;. The zero-order valence-electron chi connectivity index (χ0n) is 21.1. The van der Waals surface area contributed by atoms with E-state index >= 15 is 0 Å². The van der Waals surface area contributed by atoms with Crippen LogP contribution in [0.2, 0.25) is 0 Å². The number of esters is 1. The van der Waals surface area contributed by atoms with Crippen molar-refractivity contribution in [1.82, 2.24) is 9.88 Å². The summed E-state index contributed by atoms with van der Waals surface area (Å²) in [6, 6.07) is 1.49. The number of carbonyl (C=O) groups is 2. The first-order chi connectivity index (χ1) is 16.8. The predicted octanol–water partition coefficient (Wildman–Crippen LogP) is 3.36. The summed E-state index contributed by atoms with van der Waals surface area (Å²) in [5, 5.41) is 11.4. The molecule has 0 spiro atoms. The number of hydrogen-bond acceptors (Lipinski definition) is 7. The molecule has 1 atom stereocenters. The maximum Gasteiger partial charge on any atom is 0.340 e. The molecular formula is C27H34FN3O4. The van der Waals surface area contributed by atoms with Crippen molar-refractivity contribution in [3.8, 4) is 0 Å². The Morgan fingerprint density at radius 2 is 1.94 bits per heavy atom. The van der Waals surface area contributed by atoms with Gasteiger partial charge in [-0.15, -0.1) is 0 Å². The van der Waals surface area contributed by atoms with Crippen LogP contribution < -0.4 is 5.73 Å². The molecular weight excluding hydrogens is 449 g/mol. The molecule has 3 N–H and O–H groups in total. The maximum absolute atomic E-state index is 14.5. The number of aldehydes is 1. The van der Waals surface area contributed by atoms with Gasteiger partial charge >= 0.3 is 5.97 Å². The summed E-state index contributed by atoms with van der Waals surface area (Å²) in [6.45, 7) is 8.93. The summed E-state index contributed by atoms with van der Waals surface area (Å²) in [7, 11) is 1.90. The molecule has 0 saturated carbocycles. The minimum atomic E-state index is -1.52. The van der Waals surface area contributed by atoms with E-state index in [1.807, 2.05) is 39.6 Å². The number of cyclic esters (lactones) is 1. The lowest BCUT2D eigenvalue weighted by Gasteiger charge is -2.22. The van der Waals surface area contributed by atoms with Crippen LogP contribution in [0.15, 0.2) is 23.3 Å². The van der Waals surface area contributed by atoms with Crippen LogP contribution in [0.25, 0.3) is 16.6 Å². The van der Waals surface area contributed by atoms with E-state index in [1.54, 1.807) is 6.08 Å². The summed E-state index contributed by atoms with van der Waals surface area (Å²) >= 11 is 0. The van der Waals surface area contributed by atoms with E-state index in [0.717, 1.165) is 42.3 Å². The number of halogens is 1. The van der Waals surface area contributed by atoms with Gasteiger partial charge in [-0.25, -0.2) is 14.2 Å². The average molecular weight is 484 g/mol. The summed E-state index contributed by atoms with van der Waals surface area (Å²) in [5.74, 6) is -1.04. The number of aryl methyl sites for hydroxylation is 2. The highest BCUT2D eigenvalue weighted by Gasteiger charge is 2.33. The molecule has 8 heteroatoms. The summed E-state index contributed by atoms with van der Waals surface area (Å²) < 4.78 is 19.4. The molecule has 0 bridgehead atoms. The van der Waals surface area contributed by atoms with Gasteiger partial charge in [-0.1, -0.05) is 20.8 Å². The molecule has 3 heterocycles. The Morgan fingerprint density at radius 1 is 1.29 bits per heavy atom. The van der Waals surface area contributed by atoms with E-state index in [2.05, 4.69) is 0 Å². The van der Waals surface area contributed by atoms with Crippen molar-refractivity contribution in [2.45, 2.75) is 59.6 Å². The highest BCUT2D eigenvalue weighted by molar-refractivity contribution is 5.93. The number of pyridine rings is 1. The van der Waals surface area contributed by atoms with Gasteiger partial charge in [0, 0.05) is 41.8 Å². The van der Waals surface area contributed by atoms with Gasteiger partial charge < -0.3 is 20.5 Å². The van der Waals surface area contributed by atoms with Crippen LogP contribution in [0.1, 0.15) is 55.1 Å². The molecule has 3 aliphatic rings. The number of fused-ring (bicyclic) bond motifs is 2. The van der Waals surface area contributed by atoms with Crippen molar-refractivity contribution in [2.24, 2.45) is 5.73 Å². The Morgan fingerprint density at radius 3 is 2.60 bits per heavy atom. The van der Waals surface area contributed by atoms with Crippen molar-refractivity contribution < 1.29 is 23.8 Å². The van der Waals surface area contributed by atoms with Crippen LogP contribution in [0, 0.1) is 12.7 Å². The van der Waals surface area contributed by atoms with Gasteiger partial charge in [0.15, 0.2) is 6.10 Å². The number of nitrogens with two attached hydrogens (primary N) is 1. The zero-order valence-corrected chi connectivity index (χ0v) is 21.1. The van der Waals surface area contributed by atoms with E-state index in [4.69, 9.17) is 15.5 Å². The average Bonchev–Trinajstić information content (AvgIpc) is 3.17. The summed E-state index contributed by atoms with van der Waals surface area (Å²) in [6.07, 6.45) is 3.42. The van der Waals surface area contributed by atoms with E-state index < -0.39 is 12.1 Å². The van der Waals surface area contributed by atoms with Crippen molar-refractivity contribution in [3.63, 3.8) is 0 Å². The molecule has 0 radical (unpaired) electrons. The van der Waals surface area contributed by atoms with Crippen molar-refractivity contribution >= 4 is 28.9 Å². The number of nitrogens with zero attached hydrogens (tertiary/aromatic N) is 2. The topological polar surface area (TPSA) is 106 Å². The fraction of sp³-hybridized carbons (Fsp3) is 0.444. The van der Waals surface area contributed by atoms with Gasteiger partial charge in [0.25, 0.3) is 0 Å². The van der Waals surface area contributed by atoms with Crippen molar-refractivity contribution in [2.75, 3.05) is 20.2 Å². The molecule has 0 saturated heterocycles. The van der Waals surface area contributed by atoms with Crippen LogP contribution in [0.4, 0.5) is 4.39 Å². The van der Waals surface area contributed by atoms with Gasteiger partial charge in [-0.3, -0.25) is 4.79 Å². The van der Waals surface area contributed by atoms with Gasteiger partial charge in [0.2, 0.25) is 0 Å². The Balaban J connectivity index is 0.000000638. The first-order valence-corrected chi connectivity index (χ1v) is 12.1. The van der Waals surface area contributed by atoms with Gasteiger partial charge in [-0.05, 0) is 55.5 Å². The Bertz CT molecular complexity index is 1220. The normalized spacial score (nSPS) is 19.5. The number of ether oxygens (including phenoxy) is 1. The third-order valence-corrected chi connectivity index (χ3v) is 6.41. The number of carbonyl (C=O) groups excluding carboxylic acids is 2. The molecule has 2 aromatic rings. The molecule has 1 aliphatic carbocycles. The maximum atomic E-state index is 14.5. The summed E-state index contributed by atoms with van der Waals surface area (Å²) in [5.41, 5.74) is 11.3. The van der Waals surface area contributed by atoms with Crippen LogP contribution in [-0.4, -0.2) is 53.5 Å². The van der Waals surface area contributed by atoms with Crippen molar-refractivity contribution in [3.05, 3.63) is 57.1 Å². The monoisotopic (exact) mass is 483 g/mol. The molecule has 2 aliphatic heterocycles. The largest absolute Gasteiger partial charge is 0.459 e. The number of aliphatic hydroxyl groups excluding tert-OH is 1. The first kappa shape index (κ1) is 26.5. The van der Waals surface area contributed by atoms with E-state index in [0.29, 0.717) is 35.3 Å². The van der Waals surface area contributed by atoms with E-state index in [1.165, 1.54) is 11.6 Å². The highest BCUT2D eigenvalue weighted by Crippen LogP contribution is 2.41. The molecule has 188 valence electrons. The van der Waals surface area contributed by atoms with E-state index in [9.17, 15) is 19.1 Å². The smallest absolute Gasteiger partial charge is 0.340 e. The minimum Gasteiger partial charge on any atom is -0.459 e. The zero-order chi connectivity index (χ0) is 25.9. The summed E-state index contributed by atoms with van der Waals surface area (Å²) in [4.78, 5) is 30.1. The second kappa shape index (κ2) is 11.1. The number of aliphatic hydroxyl groups is 1. The number of hydrogen-bond donors (Lipinski definition) is 2. The second-order valence-electron chi connectivity index (χ2n) is 8.53. The lowest BCUT2D eigenvalue weighted by molar-refractivity contribution is -0.151. The molecule has 1 aromatic heterocycles. The van der Waals surface area contributed by atoms with Gasteiger partial charge in [0.05, 0.1) is 16.9 Å². The third-order valence-electron chi connectivity index (χ3n) is 6.41. The fourth-order valence-electron chi connectivity index (χ4n) is 4.82. The molecule has 1 unspecified atom stereocenters. The lowest BCUT2D eigenvalue weighted by Crippen LogP contribution is -2.32. The van der Waals surface area contributed by atoms with Gasteiger partial charge in [0.1, 0.15) is 18.7 Å². The van der Waals surface area contributed by atoms with Crippen LogP contribution in [0.3, 0.4) is 0 Å². The quantitative estimate of drug-likeness (QED) is 0.498. The molecule has 0 fully saturated rings. The number of benzene rings is 1. The van der Waals surface area contributed by atoms with Gasteiger partial charge in [-0.2, -0.15) is 0 Å². The van der Waals surface area contributed by atoms with Crippen molar-refractivity contribution in [1.29, 1.82) is 0 Å². The molecule has 5 rings (SSSR count). The predicted molar refractivity (Wildman–Crippen MR) is 134 cm³/mol. The fourth-order valence-corrected chi connectivity index (χ4v) is 4.82. The second-order valence-corrected chi connectivity index (χ2v) is 8.53. The number of aromatic nitrogens is 1. The molecule has 35 heavy (non-hydrogen) atoms. The minimum absolute atomic E-state index is 0.167. The molecule has 0 amide bonds. The Hall–Kier alpha value is -3.10. The van der Waals surface area contributed by atoms with E-state index in [-0.39, 0.29) is 23.6 Å².